The maximum atomic E-state index is 13.2. The SMILES string of the molecule is CC(C)(C#N)c1ncc(Cl)cc1F. The van der Waals surface area contributed by atoms with Gasteiger partial charge in [-0.2, -0.15) is 5.26 Å². The van der Waals surface area contributed by atoms with Gasteiger partial charge in [0.25, 0.3) is 0 Å². The van der Waals surface area contributed by atoms with Gasteiger partial charge >= 0.3 is 0 Å². The van der Waals surface area contributed by atoms with E-state index in [-0.39, 0.29) is 10.7 Å². The third-order valence-electron chi connectivity index (χ3n) is 1.68. The molecule has 2 nitrogen and oxygen atoms in total. The van der Waals surface area contributed by atoms with Crippen molar-refractivity contribution < 1.29 is 4.39 Å². The number of aromatic nitrogens is 1. The second-order valence-electron chi connectivity index (χ2n) is 3.22. The van der Waals surface area contributed by atoms with Crippen LogP contribution in [0.2, 0.25) is 5.02 Å². The van der Waals surface area contributed by atoms with Gasteiger partial charge in [-0.05, 0) is 19.9 Å². The molecule has 0 radical (unpaired) electrons. The minimum Gasteiger partial charge on any atom is -0.255 e. The van der Waals surface area contributed by atoms with Gasteiger partial charge in [0.05, 0.1) is 22.2 Å². The monoisotopic (exact) mass is 198 g/mol. The molecule has 0 amide bonds. The molecule has 0 saturated heterocycles. The lowest BCUT2D eigenvalue weighted by atomic mass is 9.90. The zero-order valence-electron chi connectivity index (χ0n) is 7.31. The van der Waals surface area contributed by atoms with E-state index in [1.54, 1.807) is 13.8 Å². The molecule has 68 valence electrons. The number of pyridine rings is 1. The smallest absolute Gasteiger partial charge is 0.147 e. The molecule has 0 fully saturated rings. The molecule has 1 rings (SSSR count). The van der Waals surface area contributed by atoms with Crippen LogP contribution < -0.4 is 0 Å². The van der Waals surface area contributed by atoms with Gasteiger partial charge in [0.15, 0.2) is 0 Å². The zero-order chi connectivity index (χ0) is 10.1. The molecule has 0 spiro atoms. The van der Waals surface area contributed by atoms with E-state index in [9.17, 15) is 4.39 Å². The quantitative estimate of drug-likeness (QED) is 0.696. The van der Waals surface area contributed by atoms with Crippen LogP contribution in [0.1, 0.15) is 19.5 Å². The van der Waals surface area contributed by atoms with Crippen molar-refractivity contribution in [3.05, 3.63) is 28.8 Å². The topological polar surface area (TPSA) is 36.7 Å². The first-order chi connectivity index (χ1) is 5.97. The average Bonchev–Trinajstić information content (AvgIpc) is 2.03. The summed E-state index contributed by atoms with van der Waals surface area (Å²) in [6.07, 6.45) is 1.33. The molecule has 0 atom stereocenters. The molecular formula is C9H8ClFN2. The molecule has 0 bridgehead atoms. The van der Waals surface area contributed by atoms with Crippen LogP contribution in [-0.2, 0) is 5.41 Å². The molecule has 0 N–H and O–H groups in total. The average molecular weight is 199 g/mol. The molecule has 0 aliphatic heterocycles. The molecule has 0 aromatic carbocycles. The highest BCUT2D eigenvalue weighted by Gasteiger charge is 2.25. The minimum atomic E-state index is -0.922. The van der Waals surface area contributed by atoms with Crippen molar-refractivity contribution in [2.75, 3.05) is 0 Å². The first-order valence-corrected chi connectivity index (χ1v) is 4.08. The van der Waals surface area contributed by atoms with Crippen LogP contribution in [0.5, 0.6) is 0 Å². The van der Waals surface area contributed by atoms with Crippen LogP contribution in [0.4, 0.5) is 4.39 Å². The van der Waals surface area contributed by atoms with Crippen LogP contribution in [0, 0.1) is 17.1 Å². The minimum absolute atomic E-state index is 0.124. The van der Waals surface area contributed by atoms with Gasteiger partial charge < -0.3 is 0 Å². The summed E-state index contributed by atoms with van der Waals surface area (Å²) in [5.41, 5.74) is -0.798. The highest BCUT2D eigenvalue weighted by Crippen LogP contribution is 2.24. The van der Waals surface area contributed by atoms with E-state index in [2.05, 4.69) is 4.98 Å². The lowest BCUT2D eigenvalue weighted by molar-refractivity contribution is 0.546. The standard InChI is InChI=1S/C9H8ClFN2/c1-9(2,5-12)8-7(11)3-6(10)4-13-8/h3-4H,1-2H3. The van der Waals surface area contributed by atoms with Gasteiger partial charge in [0.1, 0.15) is 5.82 Å². The number of halogens is 2. The third kappa shape index (κ3) is 1.96. The van der Waals surface area contributed by atoms with Crippen molar-refractivity contribution in [1.29, 1.82) is 5.26 Å². The molecule has 1 aromatic heterocycles. The Kier molecular flexibility index (Phi) is 2.53. The van der Waals surface area contributed by atoms with Crippen LogP contribution in [0.3, 0.4) is 0 Å². The van der Waals surface area contributed by atoms with Crippen molar-refractivity contribution in [3.8, 4) is 6.07 Å². The van der Waals surface area contributed by atoms with Gasteiger partial charge in [-0.3, -0.25) is 4.98 Å². The Hall–Kier alpha value is -1.14. The molecule has 0 aliphatic rings. The van der Waals surface area contributed by atoms with E-state index in [0.717, 1.165) is 6.07 Å². The summed E-state index contributed by atoms with van der Waals surface area (Å²) in [4.78, 5) is 3.79. The van der Waals surface area contributed by atoms with Crippen molar-refractivity contribution >= 4 is 11.6 Å². The number of nitriles is 1. The molecule has 0 aliphatic carbocycles. The number of hydrogen-bond donors (Lipinski definition) is 0. The Labute approximate surface area is 81.0 Å². The van der Waals surface area contributed by atoms with E-state index >= 15 is 0 Å². The lowest BCUT2D eigenvalue weighted by Gasteiger charge is -2.14. The van der Waals surface area contributed by atoms with Crippen LogP contribution >= 0.6 is 11.6 Å². The van der Waals surface area contributed by atoms with E-state index in [4.69, 9.17) is 16.9 Å². The summed E-state index contributed by atoms with van der Waals surface area (Å²) in [5, 5.41) is 8.98. The summed E-state index contributed by atoms with van der Waals surface area (Å²) in [6.45, 7) is 3.21. The summed E-state index contributed by atoms with van der Waals surface area (Å²) < 4.78 is 13.2. The van der Waals surface area contributed by atoms with E-state index in [1.165, 1.54) is 6.20 Å². The molecule has 1 heterocycles. The van der Waals surface area contributed by atoms with Gasteiger partial charge in [-0.15, -0.1) is 0 Å². The maximum absolute atomic E-state index is 13.2. The number of rotatable bonds is 1. The molecule has 4 heteroatoms. The fraction of sp³-hybridized carbons (Fsp3) is 0.333. The summed E-state index contributed by atoms with van der Waals surface area (Å²) in [6, 6.07) is 3.13. The Morgan fingerprint density at radius 1 is 1.62 bits per heavy atom. The first-order valence-electron chi connectivity index (χ1n) is 3.70. The van der Waals surface area contributed by atoms with E-state index in [1.807, 2.05) is 6.07 Å². The summed E-state index contributed by atoms with van der Waals surface area (Å²) >= 11 is 5.52. The highest BCUT2D eigenvalue weighted by atomic mass is 35.5. The second kappa shape index (κ2) is 3.31. The maximum Gasteiger partial charge on any atom is 0.147 e. The Balaban J connectivity index is 3.26. The van der Waals surface area contributed by atoms with E-state index in [0.29, 0.717) is 0 Å². The molecule has 0 saturated carbocycles. The lowest BCUT2D eigenvalue weighted by Crippen LogP contribution is -2.18. The van der Waals surface area contributed by atoms with Gasteiger partial charge in [-0.1, -0.05) is 11.6 Å². The molecule has 13 heavy (non-hydrogen) atoms. The number of hydrogen-bond acceptors (Lipinski definition) is 2. The van der Waals surface area contributed by atoms with Gasteiger partial charge in [0, 0.05) is 6.20 Å². The molecule has 1 aromatic rings. The van der Waals surface area contributed by atoms with Crippen molar-refractivity contribution in [1.82, 2.24) is 4.98 Å². The van der Waals surface area contributed by atoms with E-state index < -0.39 is 11.2 Å². The third-order valence-corrected chi connectivity index (χ3v) is 1.89. The fourth-order valence-electron chi connectivity index (χ4n) is 0.927. The van der Waals surface area contributed by atoms with Crippen molar-refractivity contribution in [2.24, 2.45) is 0 Å². The second-order valence-corrected chi connectivity index (χ2v) is 3.66. The largest absolute Gasteiger partial charge is 0.255 e. The molecule has 0 unspecified atom stereocenters. The number of nitrogens with zero attached hydrogens (tertiary/aromatic N) is 2. The van der Waals surface area contributed by atoms with Gasteiger partial charge in [0.2, 0.25) is 0 Å². The van der Waals surface area contributed by atoms with Crippen molar-refractivity contribution in [3.63, 3.8) is 0 Å². The zero-order valence-corrected chi connectivity index (χ0v) is 8.06. The Morgan fingerprint density at radius 2 is 2.23 bits per heavy atom. The Bertz CT molecular complexity index is 368. The summed E-state index contributed by atoms with van der Waals surface area (Å²) in [7, 11) is 0. The van der Waals surface area contributed by atoms with Crippen LogP contribution in [0.15, 0.2) is 12.3 Å². The van der Waals surface area contributed by atoms with Crippen molar-refractivity contribution in [2.45, 2.75) is 19.3 Å². The summed E-state index contributed by atoms with van der Waals surface area (Å²) in [5.74, 6) is -0.543. The highest BCUT2D eigenvalue weighted by molar-refractivity contribution is 6.30. The van der Waals surface area contributed by atoms with Crippen LogP contribution in [0.25, 0.3) is 0 Å². The van der Waals surface area contributed by atoms with Crippen LogP contribution in [-0.4, -0.2) is 4.98 Å². The van der Waals surface area contributed by atoms with Gasteiger partial charge in [-0.25, -0.2) is 4.39 Å². The fourth-order valence-corrected chi connectivity index (χ4v) is 1.07. The Morgan fingerprint density at radius 3 is 2.69 bits per heavy atom. The molecular weight excluding hydrogens is 191 g/mol. The predicted octanol–water partition coefficient (Wildman–Crippen LogP) is 2.68. The normalized spacial score (nSPS) is 11.0. The first kappa shape index (κ1) is 9.94. The predicted molar refractivity (Wildman–Crippen MR) is 47.8 cm³/mol.